The number of aliphatic carboxylic acids is 1. The van der Waals surface area contributed by atoms with Crippen molar-refractivity contribution in [3.63, 3.8) is 0 Å². The highest BCUT2D eigenvalue weighted by Crippen LogP contribution is 2.01. The van der Waals surface area contributed by atoms with E-state index in [1.807, 2.05) is 0 Å². The van der Waals surface area contributed by atoms with E-state index in [0.29, 0.717) is 38.7 Å². The van der Waals surface area contributed by atoms with Crippen molar-refractivity contribution in [1.29, 1.82) is 0 Å². The molecule has 16 heavy (non-hydrogen) atoms. The largest absolute Gasteiger partial charge is 0.480 e. The minimum absolute atomic E-state index is 0.248. The number of unbranched alkanes of at least 4 members (excludes halogenated alkanes) is 1. The van der Waals surface area contributed by atoms with Crippen LogP contribution in [0.15, 0.2) is 12.7 Å². The normalized spacial score (nSPS) is 11.8. The molecule has 0 fully saturated rings. The second-order valence-electron chi connectivity index (χ2n) is 3.49. The molecular formula is C11H19NO4. The summed E-state index contributed by atoms with van der Waals surface area (Å²) in [5.74, 6) is -1.24. The Labute approximate surface area is 95.3 Å². The number of carbonyl (C=O) groups is 2. The lowest BCUT2D eigenvalue weighted by Gasteiger charge is -2.06. The third-order valence-electron chi connectivity index (χ3n) is 2.04. The van der Waals surface area contributed by atoms with Gasteiger partial charge in [0.2, 0.25) is 0 Å². The van der Waals surface area contributed by atoms with Crippen molar-refractivity contribution in [1.82, 2.24) is 0 Å². The topological polar surface area (TPSA) is 89.6 Å². The molecule has 0 aliphatic heterocycles. The molecule has 0 rings (SSSR count). The number of carboxylic acid groups (broad SMARTS) is 1. The predicted octanol–water partition coefficient (Wildman–Crippen LogP) is 1.08. The predicted molar refractivity (Wildman–Crippen MR) is 59.9 cm³/mol. The fraction of sp³-hybridized carbons (Fsp3) is 0.636. The van der Waals surface area contributed by atoms with Crippen LogP contribution in [0.2, 0.25) is 0 Å². The zero-order valence-corrected chi connectivity index (χ0v) is 9.35. The summed E-state index contributed by atoms with van der Waals surface area (Å²) in [6, 6.07) is -0.823. The Balaban J connectivity index is 3.36. The van der Waals surface area contributed by atoms with Crippen LogP contribution in [0.5, 0.6) is 0 Å². The molecule has 0 aliphatic rings. The third-order valence-corrected chi connectivity index (χ3v) is 2.04. The van der Waals surface area contributed by atoms with Gasteiger partial charge >= 0.3 is 11.9 Å². The summed E-state index contributed by atoms with van der Waals surface area (Å²) in [6.07, 6.45) is 4.30. The second kappa shape index (κ2) is 8.91. The number of esters is 1. The average molecular weight is 229 g/mol. The number of carbonyl (C=O) groups excluding carboxylic acids is 1. The minimum Gasteiger partial charge on any atom is -0.480 e. The molecule has 1 atom stereocenters. The summed E-state index contributed by atoms with van der Waals surface area (Å²) in [7, 11) is 0. The van der Waals surface area contributed by atoms with Gasteiger partial charge in [0.25, 0.3) is 0 Å². The summed E-state index contributed by atoms with van der Waals surface area (Å²) in [4.78, 5) is 21.4. The first-order valence-corrected chi connectivity index (χ1v) is 5.32. The number of rotatable bonds is 9. The first-order chi connectivity index (χ1) is 7.57. The van der Waals surface area contributed by atoms with Crippen molar-refractivity contribution < 1.29 is 19.4 Å². The SMILES string of the molecule is C=CCCC(=O)OCCCC[C@H](N)C(=O)O. The number of hydrogen-bond acceptors (Lipinski definition) is 4. The van der Waals surface area contributed by atoms with Crippen LogP contribution in [0, 0.1) is 0 Å². The minimum atomic E-state index is -0.997. The third kappa shape index (κ3) is 7.99. The molecule has 0 amide bonds. The van der Waals surface area contributed by atoms with E-state index in [0.717, 1.165) is 0 Å². The summed E-state index contributed by atoms with van der Waals surface area (Å²) in [5.41, 5.74) is 5.31. The van der Waals surface area contributed by atoms with Crippen LogP contribution in [0.3, 0.4) is 0 Å². The Morgan fingerprint density at radius 2 is 2.12 bits per heavy atom. The van der Waals surface area contributed by atoms with E-state index in [-0.39, 0.29) is 5.97 Å². The fourth-order valence-corrected chi connectivity index (χ4v) is 1.07. The molecule has 0 radical (unpaired) electrons. The van der Waals surface area contributed by atoms with E-state index in [1.165, 1.54) is 0 Å². The van der Waals surface area contributed by atoms with Crippen LogP contribution in [0.4, 0.5) is 0 Å². The Bertz CT molecular complexity index is 240. The number of carboxylic acids is 1. The summed E-state index contributed by atoms with van der Waals surface area (Å²) < 4.78 is 4.91. The molecule has 0 bridgehead atoms. The molecule has 0 aromatic heterocycles. The van der Waals surface area contributed by atoms with Gasteiger partial charge in [-0.15, -0.1) is 6.58 Å². The highest BCUT2D eigenvalue weighted by molar-refractivity contribution is 5.72. The van der Waals surface area contributed by atoms with Gasteiger partial charge in [-0.2, -0.15) is 0 Å². The Hall–Kier alpha value is -1.36. The summed E-state index contributed by atoms with van der Waals surface area (Å²) in [6.45, 7) is 3.82. The monoisotopic (exact) mass is 229 g/mol. The lowest BCUT2D eigenvalue weighted by Crippen LogP contribution is -2.29. The lowest BCUT2D eigenvalue weighted by atomic mass is 10.1. The molecule has 92 valence electrons. The highest BCUT2D eigenvalue weighted by Gasteiger charge is 2.10. The molecule has 0 aliphatic carbocycles. The molecule has 0 aromatic rings. The van der Waals surface area contributed by atoms with Gasteiger partial charge in [0.15, 0.2) is 0 Å². The van der Waals surface area contributed by atoms with Crippen molar-refractivity contribution in [2.24, 2.45) is 5.73 Å². The Morgan fingerprint density at radius 3 is 2.69 bits per heavy atom. The van der Waals surface area contributed by atoms with Crippen LogP contribution in [0.1, 0.15) is 32.1 Å². The Kier molecular flexibility index (Phi) is 8.15. The van der Waals surface area contributed by atoms with Gasteiger partial charge in [-0.1, -0.05) is 6.08 Å². The van der Waals surface area contributed by atoms with Gasteiger partial charge in [-0.05, 0) is 25.7 Å². The van der Waals surface area contributed by atoms with Crippen molar-refractivity contribution in [3.05, 3.63) is 12.7 Å². The van der Waals surface area contributed by atoms with E-state index >= 15 is 0 Å². The number of hydrogen-bond donors (Lipinski definition) is 2. The maximum atomic E-state index is 11.0. The molecule has 0 saturated carbocycles. The maximum Gasteiger partial charge on any atom is 0.320 e. The van der Waals surface area contributed by atoms with Crippen LogP contribution in [-0.2, 0) is 14.3 Å². The maximum absolute atomic E-state index is 11.0. The fourth-order valence-electron chi connectivity index (χ4n) is 1.07. The summed E-state index contributed by atoms with van der Waals surface area (Å²) >= 11 is 0. The molecule has 0 unspecified atom stereocenters. The second-order valence-corrected chi connectivity index (χ2v) is 3.49. The van der Waals surface area contributed by atoms with Gasteiger partial charge in [-0.3, -0.25) is 9.59 Å². The standard InChI is InChI=1S/C11H19NO4/c1-2-3-7-10(13)16-8-5-4-6-9(12)11(14)15/h2,9H,1,3-8,12H2,(H,14,15)/t9-/m0/s1. The summed E-state index contributed by atoms with van der Waals surface area (Å²) in [5, 5.41) is 8.50. The van der Waals surface area contributed by atoms with Gasteiger partial charge in [0.1, 0.15) is 6.04 Å². The smallest absolute Gasteiger partial charge is 0.320 e. The van der Waals surface area contributed by atoms with Gasteiger partial charge in [0, 0.05) is 6.42 Å². The van der Waals surface area contributed by atoms with Crippen molar-refractivity contribution in [2.45, 2.75) is 38.1 Å². The van der Waals surface area contributed by atoms with Crippen LogP contribution in [-0.4, -0.2) is 29.7 Å². The van der Waals surface area contributed by atoms with Crippen LogP contribution >= 0.6 is 0 Å². The molecule has 5 nitrogen and oxygen atoms in total. The molecular weight excluding hydrogens is 210 g/mol. The van der Waals surface area contributed by atoms with Gasteiger partial charge in [0.05, 0.1) is 6.61 Å². The van der Waals surface area contributed by atoms with Crippen molar-refractivity contribution >= 4 is 11.9 Å². The lowest BCUT2D eigenvalue weighted by molar-refractivity contribution is -0.144. The van der Waals surface area contributed by atoms with E-state index < -0.39 is 12.0 Å². The van der Waals surface area contributed by atoms with E-state index in [9.17, 15) is 9.59 Å². The molecule has 0 saturated heterocycles. The molecule has 0 aromatic carbocycles. The van der Waals surface area contributed by atoms with E-state index in [2.05, 4.69) is 6.58 Å². The Morgan fingerprint density at radius 1 is 1.44 bits per heavy atom. The number of nitrogens with two attached hydrogens (primary N) is 1. The number of allylic oxidation sites excluding steroid dienone is 1. The zero-order chi connectivity index (χ0) is 12.4. The van der Waals surface area contributed by atoms with Crippen LogP contribution in [0.25, 0.3) is 0 Å². The van der Waals surface area contributed by atoms with E-state index in [4.69, 9.17) is 15.6 Å². The van der Waals surface area contributed by atoms with Gasteiger partial charge in [-0.25, -0.2) is 0 Å². The van der Waals surface area contributed by atoms with Crippen molar-refractivity contribution in [2.75, 3.05) is 6.61 Å². The average Bonchev–Trinajstić information content (AvgIpc) is 2.25. The highest BCUT2D eigenvalue weighted by atomic mass is 16.5. The first kappa shape index (κ1) is 14.6. The molecule has 0 spiro atoms. The molecule has 3 N–H and O–H groups in total. The van der Waals surface area contributed by atoms with Gasteiger partial charge < -0.3 is 15.6 Å². The first-order valence-electron chi connectivity index (χ1n) is 5.32. The quantitative estimate of drug-likeness (QED) is 0.351. The number of ether oxygens (including phenoxy) is 1. The zero-order valence-electron chi connectivity index (χ0n) is 9.35. The van der Waals surface area contributed by atoms with Crippen molar-refractivity contribution in [3.8, 4) is 0 Å². The molecule has 5 heteroatoms. The van der Waals surface area contributed by atoms with Crippen LogP contribution < -0.4 is 5.73 Å². The molecule has 0 heterocycles. The van der Waals surface area contributed by atoms with E-state index in [1.54, 1.807) is 6.08 Å².